The van der Waals surface area contributed by atoms with Crippen molar-refractivity contribution in [1.29, 1.82) is 5.26 Å². The summed E-state index contributed by atoms with van der Waals surface area (Å²) in [6.45, 7) is 7.10. The fourth-order valence-electron chi connectivity index (χ4n) is 4.83. The quantitative estimate of drug-likeness (QED) is 0.369. The van der Waals surface area contributed by atoms with E-state index in [1.165, 1.54) is 6.07 Å². The van der Waals surface area contributed by atoms with Gasteiger partial charge in [0.15, 0.2) is 0 Å². The highest BCUT2D eigenvalue weighted by atomic mass is 35.5. The number of hydrogen-bond acceptors (Lipinski definition) is 7. The standard InChI is InChI=1S/C25H21ClN6O4.C2H6O/c1-13-6-14(32-24(35)29-23(34)19(9-27)30-32)7-17(26)22(13)36-15-4-5-18-16(8-15)21-20(28-18)10-31(12-33)11-25(21,2)3;1-3-2/h4-8,12,28H,10-11H2,1-3H3,(H,29,34,35);1-2H3. The van der Waals surface area contributed by atoms with E-state index in [0.29, 0.717) is 30.2 Å². The van der Waals surface area contributed by atoms with Crippen LogP contribution in [0.2, 0.25) is 5.02 Å². The number of methoxy groups -OCH3 is 1. The summed E-state index contributed by atoms with van der Waals surface area (Å²) in [4.78, 5) is 42.6. The SMILES string of the molecule is COC.Cc1cc(-n2nc(C#N)c(=O)[nH]c2=O)cc(Cl)c1Oc1ccc2[nH]c3c(c2c1)C(C)(C)CN(C=O)C3. The Kier molecular flexibility index (Phi) is 7.63. The lowest BCUT2D eigenvalue weighted by atomic mass is 9.80. The zero-order valence-corrected chi connectivity index (χ0v) is 22.8. The maximum absolute atomic E-state index is 12.3. The third-order valence-corrected chi connectivity index (χ3v) is 6.53. The van der Waals surface area contributed by atoms with Gasteiger partial charge < -0.3 is 19.4 Å². The third kappa shape index (κ3) is 5.30. The van der Waals surface area contributed by atoms with E-state index >= 15 is 0 Å². The molecule has 0 fully saturated rings. The van der Waals surface area contributed by atoms with E-state index in [2.05, 4.69) is 33.7 Å². The average Bonchev–Trinajstić information content (AvgIpc) is 3.25. The Balaban J connectivity index is 0.00000112. The second kappa shape index (κ2) is 10.8. The van der Waals surface area contributed by atoms with Crippen molar-refractivity contribution in [3.63, 3.8) is 0 Å². The Labute approximate surface area is 228 Å². The predicted octanol–water partition coefficient (Wildman–Crippen LogP) is 3.54. The number of benzene rings is 2. The molecule has 0 spiro atoms. The van der Waals surface area contributed by atoms with E-state index in [9.17, 15) is 14.4 Å². The second-order valence-electron chi connectivity index (χ2n) is 9.80. The molecule has 202 valence electrons. The highest BCUT2D eigenvalue weighted by Crippen LogP contribution is 2.41. The molecule has 0 aliphatic carbocycles. The first kappa shape index (κ1) is 27.6. The molecule has 2 aromatic heterocycles. The van der Waals surface area contributed by atoms with Gasteiger partial charge in [0.05, 0.1) is 17.3 Å². The van der Waals surface area contributed by atoms with E-state index in [0.717, 1.165) is 33.3 Å². The number of nitrogens with one attached hydrogen (secondary N) is 2. The summed E-state index contributed by atoms with van der Waals surface area (Å²) >= 11 is 6.53. The van der Waals surface area contributed by atoms with E-state index in [4.69, 9.17) is 21.6 Å². The molecule has 0 bridgehead atoms. The van der Waals surface area contributed by atoms with Crippen molar-refractivity contribution in [2.45, 2.75) is 32.7 Å². The van der Waals surface area contributed by atoms with Crippen LogP contribution in [0.1, 0.15) is 36.4 Å². The largest absolute Gasteiger partial charge is 0.456 e. The number of halogens is 1. The van der Waals surface area contributed by atoms with E-state index in [1.807, 2.05) is 18.2 Å². The highest BCUT2D eigenvalue weighted by molar-refractivity contribution is 6.32. The van der Waals surface area contributed by atoms with Crippen molar-refractivity contribution in [3.05, 3.63) is 78.7 Å². The Bertz CT molecular complexity index is 1710. The maximum atomic E-state index is 12.3. The molecule has 1 amide bonds. The van der Waals surface area contributed by atoms with Gasteiger partial charge in [0, 0.05) is 42.8 Å². The molecule has 1 aliphatic heterocycles. The Morgan fingerprint density at radius 1 is 1.18 bits per heavy atom. The van der Waals surface area contributed by atoms with Gasteiger partial charge in [-0.05, 0) is 48.4 Å². The molecule has 0 saturated carbocycles. The zero-order valence-electron chi connectivity index (χ0n) is 22.1. The average molecular weight is 551 g/mol. The van der Waals surface area contributed by atoms with Crippen LogP contribution in [-0.4, -0.2) is 51.8 Å². The first-order valence-corrected chi connectivity index (χ1v) is 12.3. The summed E-state index contributed by atoms with van der Waals surface area (Å²) in [7, 11) is 3.25. The Morgan fingerprint density at radius 3 is 2.54 bits per heavy atom. The van der Waals surface area contributed by atoms with Crippen molar-refractivity contribution in [1.82, 2.24) is 24.6 Å². The number of rotatable bonds is 4. The van der Waals surface area contributed by atoms with Crippen LogP contribution >= 0.6 is 11.6 Å². The Hall–Kier alpha value is -4.40. The molecule has 0 radical (unpaired) electrons. The van der Waals surface area contributed by atoms with Crippen molar-refractivity contribution in [2.24, 2.45) is 0 Å². The number of nitriles is 1. The maximum Gasteiger partial charge on any atom is 0.349 e. The molecule has 3 heterocycles. The van der Waals surface area contributed by atoms with Crippen LogP contribution in [0.5, 0.6) is 11.5 Å². The van der Waals surface area contributed by atoms with Gasteiger partial charge in [-0.15, -0.1) is 5.10 Å². The van der Waals surface area contributed by atoms with Crippen molar-refractivity contribution in [2.75, 3.05) is 20.8 Å². The number of H-pyrrole nitrogens is 2. The Morgan fingerprint density at radius 2 is 1.90 bits per heavy atom. The van der Waals surface area contributed by atoms with Gasteiger partial charge in [0.1, 0.15) is 17.6 Å². The number of carbonyl (C=O) groups excluding carboxylic acids is 1. The number of fused-ring (bicyclic) bond motifs is 3. The highest BCUT2D eigenvalue weighted by Gasteiger charge is 2.34. The number of aromatic nitrogens is 4. The second-order valence-corrected chi connectivity index (χ2v) is 10.2. The topological polar surface area (TPSA) is 146 Å². The van der Waals surface area contributed by atoms with Gasteiger partial charge in [0.25, 0.3) is 5.56 Å². The number of nitrogens with zero attached hydrogens (tertiary/aromatic N) is 4. The molecule has 0 unspecified atom stereocenters. The summed E-state index contributed by atoms with van der Waals surface area (Å²) in [6.07, 6.45) is 0.872. The summed E-state index contributed by atoms with van der Waals surface area (Å²) in [5.41, 5.74) is 1.66. The molecule has 39 heavy (non-hydrogen) atoms. The number of ether oxygens (including phenoxy) is 2. The minimum atomic E-state index is -0.856. The number of aryl methyl sites for hydroxylation is 1. The first-order valence-electron chi connectivity index (χ1n) is 11.9. The van der Waals surface area contributed by atoms with Crippen molar-refractivity contribution in [3.8, 4) is 23.3 Å². The third-order valence-electron chi connectivity index (χ3n) is 6.25. The summed E-state index contributed by atoms with van der Waals surface area (Å²) < 4.78 is 11.3. The smallest absolute Gasteiger partial charge is 0.349 e. The molecule has 2 N–H and O–H groups in total. The summed E-state index contributed by atoms with van der Waals surface area (Å²) in [6, 6.07) is 10.5. The molecule has 2 aromatic carbocycles. The van der Waals surface area contributed by atoms with Gasteiger partial charge in [-0.25, -0.2) is 4.79 Å². The first-order chi connectivity index (χ1) is 18.5. The monoisotopic (exact) mass is 550 g/mol. The number of carbonyl (C=O) groups is 1. The van der Waals surface area contributed by atoms with Gasteiger partial charge in [0.2, 0.25) is 12.1 Å². The molecule has 5 rings (SSSR count). The molecule has 4 aromatic rings. The number of aromatic amines is 2. The van der Waals surface area contributed by atoms with Crippen LogP contribution in [0.15, 0.2) is 39.9 Å². The van der Waals surface area contributed by atoms with Crippen LogP contribution in [0.4, 0.5) is 0 Å². The molecule has 0 saturated heterocycles. The fourth-order valence-corrected chi connectivity index (χ4v) is 5.13. The van der Waals surface area contributed by atoms with Crippen LogP contribution in [0.3, 0.4) is 0 Å². The van der Waals surface area contributed by atoms with Crippen LogP contribution in [0.25, 0.3) is 16.6 Å². The number of hydrogen-bond donors (Lipinski definition) is 2. The van der Waals surface area contributed by atoms with Crippen LogP contribution in [0, 0.1) is 18.3 Å². The summed E-state index contributed by atoms with van der Waals surface area (Å²) in [5.74, 6) is 0.968. The number of amides is 1. The van der Waals surface area contributed by atoms with Gasteiger partial charge in [-0.1, -0.05) is 25.4 Å². The van der Waals surface area contributed by atoms with Crippen molar-refractivity contribution >= 4 is 28.9 Å². The minimum absolute atomic E-state index is 0.224. The lowest BCUT2D eigenvalue weighted by Gasteiger charge is -2.36. The molecule has 12 heteroatoms. The van der Waals surface area contributed by atoms with Crippen LogP contribution in [-0.2, 0) is 21.5 Å². The summed E-state index contributed by atoms with van der Waals surface area (Å²) in [5, 5.41) is 14.1. The molecular formula is C27H27ClN6O5. The lowest BCUT2D eigenvalue weighted by molar-refractivity contribution is -0.119. The molecule has 0 atom stereocenters. The lowest BCUT2D eigenvalue weighted by Crippen LogP contribution is -2.41. The van der Waals surface area contributed by atoms with E-state index in [1.54, 1.807) is 38.2 Å². The van der Waals surface area contributed by atoms with Gasteiger partial charge in [-0.2, -0.15) is 9.94 Å². The normalized spacial score (nSPS) is 13.7. The molecular weight excluding hydrogens is 524 g/mol. The molecule has 11 nitrogen and oxygen atoms in total. The zero-order chi connectivity index (χ0) is 28.5. The molecule has 1 aliphatic rings. The van der Waals surface area contributed by atoms with Crippen molar-refractivity contribution < 1.29 is 14.3 Å². The minimum Gasteiger partial charge on any atom is -0.456 e. The predicted molar refractivity (Wildman–Crippen MR) is 146 cm³/mol. The van der Waals surface area contributed by atoms with Crippen LogP contribution < -0.4 is 16.0 Å². The van der Waals surface area contributed by atoms with E-state index < -0.39 is 16.9 Å². The van der Waals surface area contributed by atoms with Gasteiger partial charge in [-0.3, -0.25) is 14.6 Å². The fraction of sp³-hybridized carbons (Fsp3) is 0.296. The van der Waals surface area contributed by atoms with Gasteiger partial charge >= 0.3 is 5.69 Å². The van der Waals surface area contributed by atoms with E-state index in [-0.39, 0.29) is 16.1 Å².